The van der Waals surface area contributed by atoms with Crippen molar-refractivity contribution in [2.75, 3.05) is 36.0 Å². The van der Waals surface area contributed by atoms with Gasteiger partial charge in [-0.2, -0.15) is 5.26 Å². The predicted molar refractivity (Wildman–Crippen MR) is 101 cm³/mol. The molecule has 26 heavy (non-hydrogen) atoms. The standard InChI is InChI=1S/C20H18N6/c21-15-16-6-8-22-19(14-16)26-12-10-25(11-13-26)18-7-9-23-20(24-18)17-4-2-1-3-5-17/h1-9,14H,10-13H2. The number of pyridine rings is 1. The Morgan fingerprint density at radius 1 is 0.808 bits per heavy atom. The Bertz CT molecular complexity index is 926. The zero-order chi connectivity index (χ0) is 17.8. The van der Waals surface area contributed by atoms with Crippen molar-refractivity contribution in [3.05, 3.63) is 66.5 Å². The number of hydrogen-bond acceptors (Lipinski definition) is 6. The summed E-state index contributed by atoms with van der Waals surface area (Å²) in [6.45, 7) is 3.38. The molecule has 4 rings (SSSR count). The molecule has 0 N–H and O–H groups in total. The number of aromatic nitrogens is 3. The van der Waals surface area contributed by atoms with Crippen molar-refractivity contribution in [2.45, 2.75) is 0 Å². The fourth-order valence-electron chi connectivity index (χ4n) is 3.08. The minimum atomic E-state index is 0.640. The van der Waals surface area contributed by atoms with Gasteiger partial charge in [0.15, 0.2) is 5.82 Å². The highest BCUT2D eigenvalue weighted by Gasteiger charge is 2.19. The molecule has 128 valence electrons. The Morgan fingerprint density at radius 3 is 2.23 bits per heavy atom. The maximum Gasteiger partial charge on any atom is 0.161 e. The zero-order valence-electron chi connectivity index (χ0n) is 14.3. The average Bonchev–Trinajstić information content (AvgIpc) is 2.75. The number of benzene rings is 1. The van der Waals surface area contributed by atoms with Crippen LogP contribution in [0.1, 0.15) is 5.56 Å². The van der Waals surface area contributed by atoms with Gasteiger partial charge in [0.1, 0.15) is 11.6 Å². The summed E-state index contributed by atoms with van der Waals surface area (Å²) in [4.78, 5) is 18.0. The van der Waals surface area contributed by atoms with Crippen LogP contribution >= 0.6 is 0 Å². The van der Waals surface area contributed by atoms with Gasteiger partial charge in [-0.15, -0.1) is 0 Å². The molecule has 0 atom stereocenters. The highest BCUT2D eigenvalue weighted by Crippen LogP contribution is 2.21. The fraction of sp³-hybridized carbons (Fsp3) is 0.200. The SMILES string of the molecule is N#Cc1ccnc(N2CCN(c3ccnc(-c4ccccc4)n3)CC2)c1. The van der Waals surface area contributed by atoms with Crippen molar-refractivity contribution < 1.29 is 0 Å². The van der Waals surface area contributed by atoms with Crippen molar-refractivity contribution in [2.24, 2.45) is 0 Å². The third kappa shape index (κ3) is 3.33. The van der Waals surface area contributed by atoms with E-state index in [0.717, 1.165) is 49.2 Å². The molecule has 6 nitrogen and oxygen atoms in total. The maximum atomic E-state index is 9.05. The summed E-state index contributed by atoms with van der Waals surface area (Å²) in [5.74, 6) is 2.54. The molecular formula is C20H18N6. The van der Waals surface area contributed by atoms with E-state index in [1.807, 2.05) is 48.7 Å². The van der Waals surface area contributed by atoms with E-state index in [-0.39, 0.29) is 0 Å². The van der Waals surface area contributed by atoms with Crippen LogP contribution in [0.25, 0.3) is 11.4 Å². The molecular weight excluding hydrogens is 324 g/mol. The van der Waals surface area contributed by atoms with E-state index >= 15 is 0 Å². The van der Waals surface area contributed by atoms with Crippen molar-refractivity contribution in [3.63, 3.8) is 0 Å². The van der Waals surface area contributed by atoms with Gasteiger partial charge in [0.2, 0.25) is 0 Å². The Labute approximate surface area is 152 Å². The summed E-state index contributed by atoms with van der Waals surface area (Å²) in [6, 6.07) is 17.7. The first-order chi connectivity index (χ1) is 12.8. The monoisotopic (exact) mass is 342 g/mol. The molecule has 3 aromatic rings. The molecule has 1 saturated heterocycles. The van der Waals surface area contributed by atoms with Crippen molar-refractivity contribution >= 4 is 11.6 Å². The first-order valence-electron chi connectivity index (χ1n) is 8.58. The lowest BCUT2D eigenvalue weighted by Gasteiger charge is -2.36. The number of rotatable bonds is 3. The third-order valence-electron chi connectivity index (χ3n) is 4.48. The number of piperazine rings is 1. The number of hydrogen-bond donors (Lipinski definition) is 0. The van der Waals surface area contributed by atoms with Gasteiger partial charge < -0.3 is 9.80 Å². The van der Waals surface area contributed by atoms with Crippen LogP contribution in [0.3, 0.4) is 0 Å². The van der Waals surface area contributed by atoms with Crippen LogP contribution in [0, 0.1) is 11.3 Å². The molecule has 0 spiro atoms. The molecule has 0 radical (unpaired) electrons. The molecule has 0 aliphatic carbocycles. The zero-order valence-corrected chi connectivity index (χ0v) is 14.3. The molecule has 1 aromatic carbocycles. The quantitative estimate of drug-likeness (QED) is 0.729. The highest BCUT2D eigenvalue weighted by atomic mass is 15.3. The molecule has 2 aromatic heterocycles. The Balaban J connectivity index is 1.47. The lowest BCUT2D eigenvalue weighted by Crippen LogP contribution is -2.47. The molecule has 3 heterocycles. The second-order valence-corrected chi connectivity index (χ2v) is 6.09. The summed E-state index contributed by atoms with van der Waals surface area (Å²) in [5, 5.41) is 9.05. The summed E-state index contributed by atoms with van der Waals surface area (Å²) in [7, 11) is 0. The van der Waals surface area contributed by atoms with E-state index in [0.29, 0.717) is 5.56 Å². The van der Waals surface area contributed by atoms with Gasteiger partial charge in [-0.25, -0.2) is 15.0 Å². The summed E-state index contributed by atoms with van der Waals surface area (Å²) in [5.41, 5.74) is 1.66. The first kappa shape index (κ1) is 16.0. The maximum absolute atomic E-state index is 9.05. The van der Waals surface area contributed by atoms with Crippen LogP contribution in [0.4, 0.5) is 11.6 Å². The highest BCUT2D eigenvalue weighted by molar-refractivity contribution is 5.57. The van der Waals surface area contributed by atoms with Gasteiger partial charge in [0, 0.05) is 44.1 Å². The van der Waals surface area contributed by atoms with Crippen LogP contribution in [0.5, 0.6) is 0 Å². The molecule has 0 bridgehead atoms. The Kier molecular flexibility index (Phi) is 4.44. The van der Waals surface area contributed by atoms with Gasteiger partial charge in [0.25, 0.3) is 0 Å². The van der Waals surface area contributed by atoms with Crippen LogP contribution in [0.15, 0.2) is 60.9 Å². The molecule has 0 saturated carbocycles. The predicted octanol–water partition coefficient (Wildman–Crippen LogP) is 2.74. The van der Waals surface area contributed by atoms with Gasteiger partial charge in [-0.05, 0) is 18.2 Å². The van der Waals surface area contributed by atoms with E-state index < -0.39 is 0 Å². The number of anilines is 2. The average molecular weight is 342 g/mol. The molecule has 1 aliphatic rings. The number of nitrogens with zero attached hydrogens (tertiary/aromatic N) is 6. The third-order valence-corrected chi connectivity index (χ3v) is 4.48. The molecule has 0 amide bonds. The van der Waals surface area contributed by atoms with E-state index in [9.17, 15) is 0 Å². The second kappa shape index (κ2) is 7.19. The Hall–Kier alpha value is -3.46. The topological polar surface area (TPSA) is 68.9 Å². The number of nitriles is 1. The lowest BCUT2D eigenvalue weighted by atomic mass is 10.2. The molecule has 6 heteroatoms. The minimum absolute atomic E-state index is 0.640. The Morgan fingerprint density at radius 2 is 1.50 bits per heavy atom. The van der Waals surface area contributed by atoms with E-state index in [2.05, 4.69) is 25.8 Å². The summed E-state index contributed by atoms with van der Waals surface area (Å²) >= 11 is 0. The van der Waals surface area contributed by atoms with Gasteiger partial charge in [-0.1, -0.05) is 30.3 Å². The van der Waals surface area contributed by atoms with Crippen LogP contribution < -0.4 is 9.80 Å². The molecule has 1 fully saturated rings. The van der Waals surface area contributed by atoms with Crippen LogP contribution in [-0.4, -0.2) is 41.1 Å². The second-order valence-electron chi connectivity index (χ2n) is 6.09. The minimum Gasteiger partial charge on any atom is -0.353 e. The molecule has 1 aliphatic heterocycles. The van der Waals surface area contributed by atoms with E-state index in [1.54, 1.807) is 12.3 Å². The van der Waals surface area contributed by atoms with Gasteiger partial charge in [0.05, 0.1) is 11.6 Å². The first-order valence-corrected chi connectivity index (χ1v) is 8.58. The van der Waals surface area contributed by atoms with E-state index in [1.165, 1.54) is 0 Å². The van der Waals surface area contributed by atoms with Crippen molar-refractivity contribution in [1.82, 2.24) is 15.0 Å². The van der Waals surface area contributed by atoms with Gasteiger partial charge >= 0.3 is 0 Å². The van der Waals surface area contributed by atoms with Crippen molar-refractivity contribution in [1.29, 1.82) is 5.26 Å². The largest absolute Gasteiger partial charge is 0.353 e. The summed E-state index contributed by atoms with van der Waals surface area (Å²) < 4.78 is 0. The molecule has 0 unspecified atom stereocenters. The van der Waals surface area contributed by atoms with E-state index in [4.69, 9.17) is 10.2 Å². The smallest absolute Gasteiger partial charge is 0.161 e. The lowest BCUT2D eigenvalue weighted by molar-refractivity contribution is 0.641. The normalized spacial score (nSPS) is 14.1. The van der Waals surface area contributed by atoms with Crippen molar-refractivity contribution in [3.8, 4) is 17.5 Å². The van der Waals surface area contributed by atoms with Crippen LogP contribution in [0.2, 0.25) is 0 Å². The fourth-order valence-corrected chi connectivity index (χ4v) is 3.08. The van der Waals surface area contributed by atoms with Crippen LogP contribution in [-0.2, 0) is 0 Å². The van der Waals surface area contributed by atoms with Gasteiger partial charge in [-0.3, -0.25) is 0 Å². The summed E-state index contributed by atoms with van der Waals surface area (Å²) in [6.07, 6.45) is 3.51.